The van der Waals surface area contributed by atoms with Gasteiger partial charge in [0, 0.05) is 21.6 Å². The van der Waals surface area contributed by atoms with Gasteiger partial charge in [0.1, 0.15) is 0 Å². The number of rotatable bonds is 3. The van der Waals surface area contributed by atoms with Crippen molar-refractivity contribution in [2.45, 2.75) is 24.6 Å². The first kappa shape index (κ1) is 13.4. The molecule has 0 radical (unpaired) electrons. The van der Waals surface area contributed by atoms with E-state index in [9.17, 15) is 0 Å². The lowest BCUT2D eigenvalue weighted by atomic mass is 10.2. The summed E-state index contributed by atoms with van der Waals surface area (Å²) in [6, 6.07) is 10.2. The molecular formula is C14H15BrN2S. The second-order valence-corrected chi connectivity index (χ2v) is 6.22. The van der Waals surface area contributed by atoms with Gasteiger partial charge in [0.25, 0.3) is 0 Å². The zero-order valence-corrected chi connectivity index (χ0v) is 12.8. The minimum Gasteiger partial charge on any atom is -0.399 e. The fraction of sp³-hybridized carbons (Fsp3) is 0.214. The largest absolute Gasteiger partial charge is 0.399 e. The Balaban J connectivity index is 2.11. The summed E-state index contributed by atoms with van der Waals surface area (Å²) in [4.78, 5) is 4.51. The highest BCUT2D eigenvalue weighted by molar-refractivity contribution is 9.10. The Morgan fingerprint density at radius 3 is 2.61 bits per heavy atom. The van der Waals surface area contributed by atoms with E-state index in [1.54, 1.807) is 11.8 Å². The molecular weight excluding hydrogens is 308 g/mol. The molecule has 2 N–H and O–H groups in total. The van der Waals surface area contributed by atoms with Crippen molar-refractivity contribution in [3.63, 3.8) is 0 Å². The molecule has 0 saturated carbocycles. The average molecular weight is 323 g/mol. The highest BCUT2D eigenvalue weighted by Gasteiger charge is 2.02. The molecule has 18 heavy (non-hydrogen) atoms. The Morgan fingerprint density at radius 1 is 1.17 bits per heavy atom. The normalized spacial score (nSPS) is 10.6. The van der Waals surface area contributed by atoms with Crippen molar-refractivity contribution in [3.8, 4) is 0 Å². The number of nitrogens with zero attached hydrogens (tertiary/aromatic N) is 1. The summed E-state index contributed by atoms with van der Waals surface area (Å²) >= 11 is 5.19. The fourth-order valence-corrected chi connectivity index (χ4v) is 3.31. The molecule has 1 heterocycles. The van der Waals surface area contributed by atoms with Gasteiger partial charge in [0.2, 0.25) is 0 Å². The minimum atomic E-state index is 0.786. The molecule has 0 aliphatic heterocycles. The number of hydrogen-bond donors (Lipinski definition) is 1. The summed E-state index contributed by atoms with van der Waals surface area (Å²) in [6.07, 6.45) is 0. The molecule has 1 aromatic carbocycles. The second-order valence-electron chi connectivity index (χ2n) is 4.31. The Labute approximate surface area is 120 Å². The Kier molecular flexibility index (Phi) is 4.30. The van der Waals surface area contributed by atoms with Crippen LogP contribution in [0.5, 0.6) is 0 Å². The number of aryl methyl sites for hydroxylation is 2. The smallest absolute Gasteiger partial charge is 0.0968 e. The van der Waals surface area contributed by atoms with Gasteiger partial charge in [0.05, 0.1) is 5.03 Å². The molecule has 0 saturated heterocycles. The van der Waals surface area contributed by atoms with E-state index in [0.29, 0.717) is 0 Å². The van der Waals surface area contributed by atoms with Crippen LogP contribution in [0.3, 0.4) is 0 Å². The quantitative estimate of drug-likeness (QED) is 0.675. The first-order chi connectivity index (χ1) is 8.52. The third-order valence-electron chi connectivity index (χ3n) is 2.44. The lowest BCUT2D eigenvalue weighted by Crippen LogP contribution is -1.90. The van der Waals surface area contributed by atoms with E-state index < -0.39 is 0 Å². The summed E-state index contributed by atoms with van der Waals surface area (Å²) in [7, 11) is 0. The average Bonchev–Trinajstić information content (AvgIpc) is 2.23. The molecule has 0 spiro atoms. The van der Waals surface area contributed by atoms with Gasteiger partial charge < -0.3 is 5.73 Å². The van der Waals surface area contributed by atoms with Crippen molar-refractivity contribution >= 4 is 33.4 Å². The molecule has 0 unspecified atom stereocenters. The molecule has 2 nitrogen and oxygen atoms in total. The SMILES string of the molecule is Cc1cc(C)nc(SCc2cc(N)cc(Br)c2)c1. The predicted octanol–water partition coefficient (Wildman–Crippen LogP) is 4.34. The maximum absolute atomic E-state index is 5.82. The minimum absolute atomic E-state index is 0.786. The molecule has 0 aliphatic carbocycles. The van der Waals surface area contributed by atoms with Gasteiger partial charge in [-0.2, -0.15) is 0 Å². The fourth-order valence-electron chi connectivity index (χ4n) is 1.79. The number of benzene rings is 1. The molecule has 0 amide bonds. The van der Waals surface area contributed by atoms with Crippen molar-refractivity contribution < 1.29 is 0 Å². The number of nitrogen functional groups attached to an aromatic ring is 1. The topological polar surface area (TPSA) is 38.9 Å². The third-order valence-corrected chi connectivity index (χ3v) is 3.88. The molecule has 1 aromatic heterocycles. The van der Waals surface area contributed by atoms with E-state index >= 15 is 0 Å². The van der Waals surface area contributed by atoms with Crippen molar-refractivity contribution in [1.82, 2.24) is 4.98 Å². The van der Waals surface area contributed by atoms with Gasteiger partial charge in [-0.05, 0) is 55.3 Å². The highest BCUT2D eigenvalue weighted by Crippen LogP contribution is 2.25. The number of nitrogens with two attached hydrogens (primary N) is 1. The Hall–Kier alpha value is -1.00. The van der Waals surface area contributed by atoms with Crippen LogP contribution in [0.2, 0.25) is 0 Å². The first-order valence-corrected chi connectivity index (χ1v) is 7.44. The molecule has 0 atom stereocenters. The van der Waals surface area contributed by atoms with Crippen molar-refractivity contribution in [2.24, 2.45) is 0 Å². The molecule has 0 bridgehead atoms. The van der Waals surface area contributed by atoms with E-state index in [1.165, 1.54) is 11.1 Å². The molecule has 2 rings (SSSR count). The van der Waals surface area contributed by atoms with Crippen LogP contribution in [0.1, 0.15) is 16.8 Å². The molecule has 0 aliphatic rings. The summed E-state index contributed by atoms with van der Waals surface area (Å²) < 4.78 is 1.02. The zero-order valence-electron chi connectivity index (χ0n) is 10.4. The lowest BCUT2D eigenvalue weighted by Gasteiger charge is -2.05. The second kappa shape index (κ2) is 5.76. The van der Waals surface area contributed by atoms with Gasteiger partial charge in [-0.3, -0.25) is 0 Å². The van der Waals surface area contributed by atoms with E-state index in [-0.39, 0.29) is 0 Å². The van der Waals surface area contributed by atoms with Crippen LogP contribution < -0.4 is 5.73 Å². The summed E-state index contributed by atoms with van der Waals surface area (Å²) in [6.45, 7) is 4.12. The molecule has 0 fully saturated rings. The zero-order chi connectivity index (χ0) is 13.1. The number of aromatic nitrogens is 1. The van der Waals surface area contributed by atoms with Gasteiger partial charge >= 0.3 is 0 Å². The Morgan fingerprint density at radius 2 is 1.94 bits per heavy atom. The van der Waals surface area contributed by atoms with Crippen molar-refractivity contribution in [2.75, 3.05) is 5.73 Å². The molecule has 2 aromatic rings. The van der Waals surface area contributed by atoms with Gasteiger partial charge in [0.15, 0.2) is 0 Å². The summed E-state index contributed by atoms with van der Waals surface area (Å²) in [5.74, 6) is 0.875. The van der Waals surface area contributed by atoms with Crippen molar-refractivity contribution in [1.29, 1.82) is 0 Å². The van der Waals surface area contributed by atoms with E-state index in [4.69, 9.17) is 5.73 Å². The number of anilines is 1. The van der Waals surface area contributed by atoms with Crippen LogP contribution in [0.15, 0.2) is 39.8 Å². The van der Waals surface area contributed by atoms with E-state index in [0.717, 1.165) is 26.6 Å². The number of pyridine rings is 1. The maximum atomic E-state index is 5.82. The van der Waals surface area contributed by atoms with Crippen LogP contribution in [0, 0.1) is 13.8 Å². The Bertz CT molecular complexity index is 478. The first-order valence-electron chi connectivity index (χ1n) is 5.66. The monoisotopic (exact) mass is 322 g/mol. The summed E-state index contributed by atoms with van der Waals surface area (Å²) in [5.41, 5.74) is 10.1. The van der Waals surface area contributed by atoms with E-state index in [1.807, 2.05) is 19.1 Å². The third kappa shape index (κ3) is 3.75. The van der Waals surface area contributed by atoms with Crippen LogP contribution in [-0.4, -0.2) is 4.98 Å². The standard InChI is InChI=1S/C14H15BrN2S/c1-9-3-10(2)17-14(4-9)18-8-11-5-12(15)7-13(16)6-11/h3-7H,8,16H2,1-2H3. The van der Waals surface area contributed by atoms with Gasteiger partial charge in [-0.1, -0.05) is 15.9 Å². The number of halogens is 1. The van der Waals surface area contributed by atoms with Crippen LogP contribution in [-0.2, 0) is 5.75 Å². The predicted molar refractivity (Wildman–Crippen MR) is 81.8 cm³/mol. The highest BCUT2D eigenvalue weighted by atomic mass is 79.9. The van der Waals surface area contributed by atoms with Crippen molar-refractivity contribution in [3.05, 3.63) is 51.6 Å². The molecule has 94 valence electrons. The summed E-state index contributed by atoms with van der Waals surface area (Å²) in [5, 5.41) is 1.06. The molecule has 4 heteroatoms. The van der Waals surface area contributed by atoms with E-state index in [2.05, 4.69) is 46.0 Å². The lowest BCUT2D eigenvalue weighted by molar-refractivity contribution is 1.05. The maximum Gasteiger partial charge on any atom is 0.0968 e. The van der Waals surface area contributed by atoms with Gasteiger partial charge in [-0.25, -0.2) is 4.98 Å². The number of thioether (sulfide) groups is 1. The van der Waals surface area contributed by atoms with Gasteiger partial charge in [-0.15, -0.1) is 11.8 Å². The van der Waals surface area contributed by atoms with Crippen LogP contribution >= 0.6 is 27.7 Å². The number of hydrogen-bond acceptors (Lipinski definition) is 3. The van der Waals surface area contributed by atoms with Crippen LogP contribution in [0.4, 0.5) is 5.69 Å². The van der Waals surface area contributed by atoms with Crippen LogP contribution in [0.25, 0.3) is 0 Å².